The van der Waals surface area contributed by atoms with Gasteiger partial charge >= 0.3 is 5.97 Å². The summed E-state index contributed by atoms with van der Waals surface area (Å²) in [6.07, 6.45) is 1.97. The van der Waals surface area contributed by atoms with Crippen LogP contribution in [0, 0.1) is 5.92 Å². The molecule has 0 heterocycles. The number of thioether (sulfide) groups is 1. The van der Waals surface area contributed by atoms with Crippen LogP contribution >= 0.6 is 11.8 Å². The maximum absolute atomic E-state index is 12.2. The number of carbonyl (C=O) groups excluding carboxylic acids is 1. The lowest BCUT2D eigenvalue weighted by molar-refractivity contribution is -0.142. The first-order valence-electron chi connectivity index (χ1n) is 6.56. The number of carbonyl (C=O) groups is 2. The smallest absolute Gasteiger partial charge is 0.308 e. The zero-order valence-corrected chi connectivity index (χ0v) is 11.9. The van der Waals surface area contributed by atoms with Crippen LogP contribution < -0.4 is 5.32 Å². The van der Waals surface area contributed by atoms with Crippen LogP contribution in [-0.4, -0.2) is 28.8 Å². The number of halogens is 2. The molecule has 2 rings (SSSR count). The summed E-state index contributed by atoms with van der Waals surface area (Å²) in [6.45, 7) is 0. The molecule has 0 saturated heterocycles. The number of hydrogen-bond acceptors (Lipinski definition) is 3. The summed E-state index contributed by atoms with van der Waals surface area (Å²) in [5.74, 6) is -4.33. The Morgan fingerprint density at radius 2 is 1.90 bits per heavy atom. The molecule has 1 aliphatic carbocycles. The van der Waals surface area contributed by atoms with Crippen LogP contribution in [0.2, 0.25) is 0 Å². The molecule has 1 fully saturated rings. The summed E-state index contributed by atoms with van der Waals surface area (Å²) in [7, 11) is 0. The SMILES string of the molecule is O=C(N[C@H]1CCC[C@H]1C(=O)O)c1ccc(SC(F)F)cc1. The van der Waals surface area contributed by atoms with Crippen molar-refractivity contribution in [3.8, 4) is 0 Å². The molecular formula is C14H15F2NO3S. The maximum atomic E-state index is 12.2. The minimum atomic E-state index is -2.50. The van der Waals surface area contributed by atoms with E-state index in [0.29, 0.717) is 35.1 Å². The Morgan fingerprint density at radius 3 is 2.48 bits per heavy atom. The second-order valence-electron chi connectivity index (χ2n) is 4.86. The van der Waals surface area contributed by atoms with Gasteiger partial charge in [-0.05, 0) is 37.1 Å². The van der Waals surface area contributed by atoms with Gasteiger partial charge in [0.25, 0.3) is 11.7 Å². The quantitative estimate of drug-likeness (QED) is 0.820. The van der Waals surface area contributed by atoms with Crippen molar-refractivity contribution in [2.75, 3.05) is 0 Å². The van der Waals surface area contributed by atoms with Crippen molar-refractivity contribution in [1.29, 1.82) is 0 Å². The van der Waals surface area contributed by atoms with Gasteiger partial charge in [-0.2, -0.15) is 8.78 Å². The largest absolute Gasteiger partial charge is 0.481 e. The van der Waals surface area contributed by atoms with Crippen LogP contribution in [0.1, 0.15) is 29.6 Å². The van der Waals surface area contributed by atoms with Crippen LogP contribution in [-0.2, 0) is 4.79 Å². The molecule has 1 aliphatic rings. The van der Waals surface area contributed by atoms with Crippen molar-refractivity contribution in [2.24, 2.45) is 5.92 Å². The highest BCUT2D eigenvalue weighted by Gasteiger charge is 2.33. The Hall–Kier alpha value is -1.63. The molecule has 1 aromatic carbocycles. The van der Waals surface area contributed by atoms with Gasteiger partial charge in [0.15, 0.2) is 0 Å². The first-order chi connectivity index (χ1) is 9.97. The lowest BCUT2D eigenvalue weighted by atomic mass is 10.0. The van der Waals surface area contributed by atoms with Crippen LogP contribution in [0.5, 0.6) is 0 Å². The molecule has 1 amide bonds. The second kappa shape index (κ2) is 6.89. The fraction of sp³-hybridized carbons (Fsp3) is 0.429. The Labute approximate surface area is 124 Å². The van der Waals surface area contributed by atoms with E-state index < -0.39 is 17.6 Å². The average molecular weight is 315 g/mol. The lowest BCUT2D eigenvalue weighted by Crippen LogP contribution is -2.40. The summed E-state index contributed by atoms with van der Waals surface area (Å²) in [4.78, 5) is 23.5. The Balaban J connectivity index is 1.98. The molecule has 0 spiro atoms. The van der Waals surface area contributed by atoms with E-state index >= 15 is 0 Å². The zero-order valence-electron chi connectivity index (χ0n) is 11.1. The van der Waals surface area contributed by atoms with Gasteiger partial charge in [0.05, 0.1) is 5.92 Å². The number of carboxylic acids is 1. The number of rotatable bonds is 5. The first kappa shape index (κ1) is 15.8. The Kier molecular flexibility index (Phi) is 5.17. The third kappa shape index (κ3) is 4.17. The number of hydrogen-bond donors (Lipinski definition) is 2. The number of benzene rings is 1. The molecule has 0 aromatic heterocycles. The molecular weight excluding hydrogens is 300 g/mol. The highest BCUT2D eigenvalue weighted by molar-refractivity contribution is 7.99. The van der Waals surface area contributed by atoms with E-state index in [0.717, 1.165) is 6.42 Å². The van der Waals surface area contributed by atoms with Crippen molar-refractivity contribution in [2.45, 2.75) is 36.0 Å². The Morgan fingerprint density at radius 1 is 1.24 bits per heavy atom. The van der Waals surface area contributed by atoms with Gasteiger partial charge in [0, 0.05) is 16.5 Å². The molecule has 2 atom stereocenters. The summed E-state index contributed by atoms with van der Waals surface area (Å²) in [5, 5.41) is 11.8. The maximum Gasteiger partial charge on any atom is 0.308 e. The summed E-state index contributed by atoms with van der Waals surface area (Å²) in [6, 6.07) is 5.46. The van der Waals surface area contributed by atoms with Crippen molar-refractivity contribution >= 4 is 23.6 Å². The van der Waals surface area contributed by atoms with Crippen molar-refractivity contribution in [1.82, 2.24) is 5.32 Å². The molecule has 1 aromatic rings. The highest BCUT2D eigenvalue weighted by Crippen LogP contribution is 2.27. The van der Waals surface area contributed by atoms with Gasteiger partial charge in [-0.3, -0.25) is 9.59 Å². The topological polar surface area (TPSA) is 66.4 Å². The number of carboxylic acid groups (broad SMARTS) is 1. The van der Waals surface area contributed by atoms with Gasteiger partial charge in [0.1, 0.15) is 0 Å². The second-order valence-corrected chi connectivity index (χ2v) is 5.92. The third-order valence-electron chi connectivity index (χ3n) is 3.49. The Bertz CT molecular complexity index is 521. The van der Waals surface area contributed by atoms with E-state index in [-0.39, 0.29) is 11.9 Å². The molecule has 0 bridgehead atoms. The molecule has 0 unspecified atom stereocenters. The third-order valence-corrected chi connectivity index (χ3v) is 4.21. The van der Waals surface area contributed by atoms with Crippen molar-refractivity contribution in [3.05, 3.63) is 29.8 Å². The predicted octanol–water partition coefficient (Wildman–Crippen LogP) is 2.98. The molecule has 0 aliphatic heterocycles. The number of alkyl halides is 2. The first-order valence-corrected chi connectivity index (χ1v) is 7.44. The minimum absolute atomic E-state index is 0.338. The normalized spacial score (nSPS) is 21.5. The average Bonchev–Trinajstić information content (AvgIpc) is 2.87. The number of aliphatic carboxylic acids is 1. The van der Waals surface area contributed by atoms with Gasteiger partial charge < -0.3 is 10.4 Å². The van der Waals surface area contributed by atoms with E-state index in [1.54, 1.807) is 0 Å². The molecule has 7 heteroatoms. The fourth-order valence-electron chi connectivity index (χ4n) is 2.47. The van der Waals surface area contributed by atoms with E-state index in [1.807, 2.05) is 0 Å². The molecule has 2 N–H and O–H groups in total. The molecule has 1 saturated carbocycles. The monoisotopic (exact) mass is 315 g/mol. The van der Waals surface area contributed by atoms with Crippen molar-refractivity contribution in [3.63, 3.8) is 0 Å². The summed E-state index contributed by atoms with van der Waals surface area (Å²) in [5.41, 5.74) is 0.338. The summed E-state index contributed by atoms with van der Waals surface area (Å²) < 4.78 is 24.4. The van der Waals surface area contributed by atoms with Gasteiger partial charge in [0.2, 0.25) is 0 Å². The zero-order chi connectivity index (χ0) is 15.4. The van der Waals surface area contributed by atoms with E-state index in [1.165, 1.54) is 24.3 Å². The molecule has 4 nitrogen and oxygen atoms in total. The van der Waals surface area contributed by atoms with Gasteiger partial charge in [-0.25, -0.2) is 0 Å². The van der Waals surface area contributed by atoms with Gasteiger partial charge in [-0.1, -0.05) is 18.2 Å². The summed E-state index contributed by atoms with van der Waals surface area (Å²) >= 11 is 0.413. The number of nitrogens with one attached hydrogen (secondary N) is 1. The van der Waals surface area contributed by atoms with Crippen LogP contribution in [0.15, 0.2) is 29.2 Å². The van der Waals surface area contributed by atoms with Gasteiger partial charge in [-0.15, -0.1) is 0 Å². The van der Waals surface area contributed by atoms with Crippen LogP contribution in [0.25, 0.3) is 0 Å². The minimum Gasteiger partial charge on any atom is -0.481 e. The van der Waals surface area contributed by atoms with E-state index in [4.69, 9.17) is 5.11 Å². The van der Waals surface area contributed by atoms with Crippen LogP contribution in [0.3, 0.4) is 0 Å². The highest BCUT2D eigenvalue weighted by atomic mass is 32.2. The fourth-order valence-corrected chi connectivity index (χ4v) is 2.97. The molecule has 0 radical (unpaired) electrons. The van der Waals surface area contributed by atoms with Crippen LogP contribution in [0.4, 0.5) is 8.78 Å². The molecule has 114 valence electrons. The lowest BCUT2D eigenvalue weighted by Gasteiger charge is -2.17. The van der Waals surface area contributed by atoms with E-state index in [9.17, 15) is 18.4 Å². The molecule has 21 heavy (non-hydrogen) atoms. The predicted molar refractivity (Wildman–Crippen MR) is 74.5 cm³/mol. The standard InChI is InChI=1S/C14H15F2NO3S/c15-14(16)21-9-6-4-8(5-7-9)12(18)17-11-3-1-2-10(11)13(19)20/h4-7,10-11,14H,1-3H2,(H,17,18)(H,19,20)/t10-,11+/m1/s1. The van der Waals surface area contributed by atoms with E-state index in [2.05, 4.69) is 5.32 Å². The number of amides is 1. The van der Waals surface area contributed by atoms with Crippen molar-refractivity contribution < 1.29 is 23.5 Å².